The molecule has 1 heterocycles. The first-order valence-electron chi connectivity index (χ1n) is 10.0. The lowest BCUT2D eigenvalue weighted by molar-refractivity contribution is 0.0946. The van der Waals surface area contributed by atoms with Crippen LogP contribution in [-0.4, -0.2) is 49.2 Å². The number of ether oxygens (including phenoxy) is 2. The van der Waals surface area contributed by atoms with Crippen LogP contribution in [0.25, 0.3) is 0 Å². The van der Waals surface area contributed by atoms with E-state index in [0.29, 0.717) is 41.8 Å². The van der Waals surface area contributed by atoms with Crippen molar-refractivity contribution in [2.75, 3.05) is 32.7 Å². The molecular formula is C23H26N4O4S. The molecule has 0 bridgehead atoms. The predicted octanol–water partition coefficient (Wildman–Crippen LogP) is 3.76. The third-order valence-electron chi connectivity index (χ3n) is 4.60. The van der Waals surface area contributed by atoms with Crippen molar-refractivity contribution in [1.29, 1.82) is 0 Å². The fourth-order valence-electron chi connectivity index (χ4n) is 2.85. The number of amides is 3. The molecule has 1 aromatic heterocycles. The molecular weight excluding hydrogens is 428 g/mol. The summed E-state index contributed by atoms with van der Waals surface area (Å²) >= 11 is 1.34. The van der Waals surface area contributed by atoms with E-state index < -0.39 is 0 Å². The minimum atomic E-state index is -0.280. The summed E-state index contributed by atoms with van der Waals surface area (Å²) in [5, 5.41) is 8.09. The highest BCUT2D eigenvalue weighted by molar-refractivity contribution is 7.09. The molecule has 3 aromatic rings. The third kappa shape index (κ3) is 6.79. The van der Waals surface area contributed by atoms with Crippen LogP contribution >= 0.6 is 11.3 Å². The summed E-state index contributed by atoms with van der Waals surface area (Å²) in [7, 11) is 3.17. The van der Waals surface area contributed by atoms with Crippen molar-refractivity contribution in [2.45, 2.75) is 13.1 Å². The van der Waals surface area contributed by atoms with E-state index in [1.54, 1.807) is 48.8 Å². The van der Waals surface area contributed by atoms with Gasteiger partial charge in [0.25, 0.3) is 5.91 Å². The summed E-state index contributed by atoms with van der Waals surface area (Å²) < 4.78 is 10.3. The largest absolute Gasteiger partial charge is 0.497 e. The van der Waals surface area contributed by atoms with Crippen LogP contribution in [0.15, 0.2) is 60.0 Å². The highest BCUT2D eigenvalue weighted by atomic mass is 32.1. The molecule has 0 aliphatic carbocycles. The number of benzene rings is 2. The molecule has 3 rings (SSSR count). The van der Waals surface area contributed by atoms with Crippen LogP contribution in [0.4, 0.5) is 10.5 Å². The third-order valence-corrected chi connectivity index (χ3v) is 5.43. The Kier molecular flexibility index (Phi) is 8.59. The van der Waals surface area contributed by atoms with Crippen LogP contribution in [0.5, 0.6) is 5.75 Å². The first-order valence-corrected chi connectivity index (χ1v) is 10.9. The lowest BCUT2D eigenvalue weighted by Gasteiger charge is -2.22. The van der Waals surface area contributed by atoms with Crippen molar-refractivity contribution < 1.29 is 19.1 Å². The van der Waals surface area contributed by atoms with E-state index in [2.05, 4.69) is 15.6 Å². The molecule has 0 fully saturated rings. The zero-order chi connectivity index (χ0) is 22.8. The number of methoxy groups -OCH3 is 2. The van der Waals surface area contributed by atoms with Crippen LogP contribution in [-0.2, 0) is 17.8 Å². The van der Waals surface area contributed by atoms with Gasteiger partial charge in [0.2, 0.25) is 0 Å². The fourth-order valence-corrected chi connectivity index (χ4v) is 3.64. The molecule has 2 N–H and O–H groups in total. The summed E-state index contributed by atoms with van der Waals surface area (Å²) in [6, 6.07) is 16.5. The lowest BCUT2D eigenvalue weighted by atomic mass is 10.2. The van der Waals surface area contributed by atoms with Gasteiger partial charge in [0.1, 0.15) is 16.5 Å². The Morgan fingerprint density at radius 2 is 1.81 bits per heavy atom. The summed E-state index contributed by atoms with van der Waals surface area (Å²) in [5.41, 5.74) is 2.00. The van der Waals surface area contributed by atoms with Crippen molar-refractivity contribution in [3.8, 4) is 5.75 Å². The molecule has 9 heteroatoms. The first-order chi connectivity index (χ1) is 15.6. The molecule has 0 atom stereocenters. The van der Waals surface area contributed by atoms with E-state index in [1.165, 1.54) is 11.3 Å². The highest BCUT2D eigenvalue weighted by Gasteiger charge is 2.18. The minimum Gasteiger partial charge on any atom is -0.497 e. The average Bonchev–Trinajstić information content (AvgIpc) is 3.30. The maximum Gasteiger partial charge on any atom is 0.322 e. The minimum absolute atomic E-state index is 0.248. The molecule has 0 aliphatic rings. The van der Waals surface area contributed by atoms with Gasteiger partial charge in [0, 0.05) is 31.3 Å². The van der Waals surface area contributed by atoms with Gasteiger partial charge in [-0.1, -0.05) is 30.3 Å². The van der Waals surface area contributed by atoms with Gasteiger partial charge in [-0.25, -0.2) is 9.78 Å². The van der Waals surface area contributed by atoms with Crippen molar-refractivity contribution in [3.63, 3.8) is 0 Å². The van der Waals surface area contributed by atoms with E-state index >= 15 is 0 Å². The Morgan fingerprint density at radius 3 is 2.50 bits per heavy atom. The summed E-state index contributed by atoms with van der Waals surface area (Å²) in [5.74, 6) is 0.461. The maximum absolute atomic E-state index is 12.8. The molecule has 3 amide bonds. The van der Waals surface area contributed by atoms with Gasteiger partial charge in [0.05, 0.1) is 20.3 Å². The Hall–Kier alpha value is -3.43. The van der Waals surface area contributed by atoms with Gasteiger partial charge in [-0.2, -0.15) is 0 Å². The van der Waals surface area contributed by atoms with Gasteiger partial charge in [-0.15, -0.1) is 11.3 Å². The average molecular weight is 455 g/mol. The van der Waals surface area contributed by atoms with Gasteiger partial charge in [-0.05, 0) is 29.8 Å². The summed E-state index contributed by atoms with van der Waals surface area (Å²) in [4.78, 5) is 31.2. The number of hydrogen-bond donors (Lipinski definition) is 2. The number of hydrogen-bond acceptors (Lipinski definition) is 6. The van der Waals surface area contributed by atoms with Crippen LogP contribution in [0.3, 0.4) is 0 Å². The van der Waals surface area contributed by atoms with E-state index in [4.69, 9.17) is 9.47 Å². The number of rotatable bonds is 10. The Labute approximate surface area is 191 Å². The normalized spacial score (nSPS) is 10.4. The number of carbonyl (C=O) groups excluding carboxylic acids is 2. The van der Waals surface area contributed by atoms with Gasteiger partial charge in [-0.3, -0.25) is 4.79 Å². The molecule has 0 saturated heterocycles. The second-order valence-electron chi connectivity index (χ2n) is 6.87. The molecule has 0 radical (unpaired) electrons. The summed E-state index contributed by atoms with van der Waals surface area (Å²) in [6.45, 7) is 1.46. The van der Waals surface area contributed by atoms with Crippen LogP contribution < -0.4 is 15.4 Å². The van der Waals surface area contributed by atoms with Crippen LogP contribution in [0.2, 0.25) is 0 Å². The van der Waals surface area contributed by atoms with E-state index in [0.717, 1.165) is 5.56 Å². The van der Waals surface area contributed by atoms with E-state index in [1.807, 2.05) is 30.3 Å². The molecule has 0 aliphatic heterocycles. The topological polar surface area (TPSA) is 92.8 Å². The zero-order valence-electron chi connectivity index (χ0n) is 18.0. The number of thiazole rings is 1. The molecule has 0 saturated carbocycles. The van der Waals surface area contributed by atoms with Crippen molar-refractivity contribution >= 4 is 29.0 Å². The monoisotopic (exact) mass is 454 g/mol. The SMILES string of the molecule is COCCN(Cc1nc(C(=O)NCc2ccccc2)cs1)C(=O)Nc1ccc(OC)cc1. The molecule has 32 heavy (non-hydrogen) atoms. The van der Waals surface area contributed by atoms with Gasteiger partial charge >= 0.3 is 6.03 Å². The lowest BCUT2D eigenvalue weighted by Crippen LogP contribution is -2.36. The van der Waals surface area contributed by atoms with Crippen molar-refractivity contribution in [1.82, 2.24) is 15.2 Å². The molecule has 0 spiro atoms. The number of nitrogens with one attached hydrogen (secondary N) is 2. The number of carbonyl (C=O) groups is 2. The quantitative estimate of drug-likeness (QED) is 0.487. The highest BCUT2D eigenvalue weighted by Crippen LogP contribution is 2.17. The molecule has 2 aromatic carbocycles. The molecule has 168 valence electrons. The number of urea groups is 1. The number of aromatic nitrogens is 1. The van der Waals surface area contributed by atoms with Crippen LogP contribution in [0.1, 0.15) is 21.1 Å². The Balaban J connectivity index is 1.60. The smallest absolute Gasteiger partial charge is 0.322 e. The predicted molar refractivity (Wildman–Crippen MR) is 124 cm³/mol. The van der Waals surface area contributed by atoms with E-state index in [9.17, 15) is 9.59 Å². The first kappa shape index (κ1) is 23.2. The van der Waals surface area contributed by atoms with Crippen LogP contribution in [0, 0.1) is 0 Å². The second kappa shape index (κ2) is 11.8. The van der Waals surface area contributed by atoms with Gasteiger partial charge < -0.3 is 25.0 Å². The number of nitrogens with zero attached hydrogens (tertiary/aromatic N) is 2. The second-order valence-corrected chi connectivity index (χ2v) is 7.81. The Morgan fingerprint density at radius 1 is 1.06 bits per heavy atom. The van der Waals surface area contributed by atoms with Crippen molar-refractivity contribution in [2.24, 2.45) is 0 Å². The Bertz CT molecular complexity index is 1010. The molecule has 0 unspecified atom stereocenters. The molecule has 8 nitrogen and oxygen atoms in total. The maximum atomic E-state index is 12.8. The standard InChI is InChI=1S/C23H26N4O4S/c1-30-13-12-27(23(29)25-18-8-10-19(31-2)11-9-18)15-21-26-20(16-32-21)22(28)24-14-17-6-4-3-5-7-17/h3-11,16H,12-15H2,1-2H3,(H,24,28)(H,25,29). The van der Waals surface area contributed by atoms with Gasteiger partial charge in [0.15, 0.2) is 0 Å². The van der Waals surface area contributed by atoms with Crippen molar-refractivity contribution in [3.05, 3.63) is 76.2 Å². The zero-order valence-corrected chi connectivity index (χ0v) is 18.9. The number of anilines is 1. The summed E-state index contributed by atoms with van der Waals surface area (Å²) in [6.07, 6.45) is 0. The van der Waals surface area contributed by atoms with E-state index in [-0.39, 0.29) is 18.5 Å². The fraction of sp³-hybridized carbons (Fsp3) is 0.261.